The van der Waals surface area contributed by atoms with Gasteiger partial charge in [-0.15, -0.1) is 0 Å². The predicted molar refractivity (Wildman–Crippen MR) is 75.8 cm³/mol. The first-order chi connectivity index (χ1) is 8.81. The highest BCUT2D eigenvalue weighted by molar-refractivity contribution is 7.99. The van der Waals surface area contributed by atoms with Gasteiger partial charge in [0.25, 0.3) is 0 Å². The lowest BCUT2D eigenvalue weighted by Gasteiger charge is -2.29. The summed E-state index contributed by atoms with van der Waals surface area (Å²) in [6.07, 6.45) is 4.52. The first-order valence-electron chi connectivity index (χ1n) is 6.94. The number of hydrogen-bond acceptors (Lipinski definition) is 4. The van der Waals surface area contributed by atoms with Gasteiger partial charge >= 0.3 is 0 Å². The summed E-state index contributed by atoms with van der Waals surface area (Å²) in [6.45, 7) is 6.62. The summed E-state index contributed by atoms with van der Waals surface area (Å²) in [6, 6.07) is 2.88. The molecule has 1 aromatic heterocycles. The Bertz CT molecular complexity index is 389. The van der Waals surface area contributed by atoms with Crippen LogP contribution >= 0.6 is 11.8 Å². The molecule has 2 fully saturated rings. The van der Waals surface area contributed by atoms with E-state index in [1.807, 2.05) is 6.26 Å². The lowest BCUT2D eigenvalue weighted by atomic mass is 10.2. The molecule has 3 nitrogen and oxygen atoms in total. The van der Waals surface area contributed by atoms with Crippen molar-refractivity contribution in [2.45, 2.75) is 44.1 Å². The van der Waals surface area contributed by atoms with Gasteiger partial charge in [-0.3, -0.25) is 4.90 Å². The lowest BCUT2D eigenvalue weighted by Crippen LogP contribution is -2.36. The molecule has 0 aromatic carbocycles. The van der Waals surface area contributed by atoms with Crippen LogP contribution in [0.1, 0.15) is 31.1 Å². The third-order valence-corrected chi connectivity index (χ3v) is 4.83. The Morgan fingerprint density at radius 3 is 3.17 bits per heavy atom. The minimum absolute atomic E-state index is 0.752. The summed E-state index contributed by atoms with van der Waals surface area (Å²) in [5.41, 5.74) is 1.34. The molecule has 0 bridgehead atoms. The van der Waals surface area contributed by atoms with Crippen molar-refractivity contribution >= 4 is 11.8 Å². The van der Waals surface area contributed by atoms with Gasteiger partial charge in [-0.1, -0.05) is 6.92 Å². The molecule has 1 N–H and O–H groups in total. The van der Waals surface area contributed by atoms with E-state index < -0.39 is 0 Å². The molecule has 1 saturated heterocycles. The molecule has 1 aliphatic carbocycles. The summed E-state index contributed by atoms with van der Waals surface area (Å²) in [5, 5.41) is 4.31. The van der Waals surface area contributed by atoms with Crippen molar-refractivity contribution in [1.29, 1.82) is 0 Å². The second-order valence-electron chi connectivity index (χ2n) is 5.44. The second kappa shape index (κ2) is 5.68. The number of nitrogens with one attached hydrogen (secondary N) is 1. The van der Waals surface area contributed by atoms with Crippen LogP contribution in [0.15, 0.2) is 16.7 Å². The third-order valence-electron chi connectivity index (χ3n) is 3.69. The number of rotatable bonds is 5. The van der Waals surface area contributed by atoms with Crippen LogP contribution < -0.4 is 5.32 Å². The van der Waals surface area contributed by atoms with Gasteiger partial charge in [-0.25, -0.2) is 0 Å². The van der Waals surface area contributed by atoms with Crippen LogP contribution in [0.25, 0.3) is 0 Å². The van der Waals surface area contributed by atoms with Crippen LogP contribution in [0.3, 0.4) is 0 Å². The van der Waals surface area contributed by atoms with E-state index in [1.54, 1.807) is 0 Å². The molecule has 2 aliphatic rings. The zero-order valence-electron chi connectivity index (χ0n) is 11.0. The molecular weight excluding hydrogens is 244 g/mol. The topological polar surface area (TPSA) is 28.4 Å². The Hall–Kier alpha value is -0.450. The second-order valence-corrected chi connectivity index (χ2v) is 6.99. The van der Waals surface area contributed by atoms with Crippen LogP contribution in [-0.2, 0) is 13.1 Å². The van der Waals surface area contributed by atoms with Gasteiger partial charge in [0, 0.05) is 42.2 Å². The molecule has 1 aromatic rings. The predicted octanol–water partition coefficient (Wildman–Crippen LogP) is 2.47. The molecule has 4 heteroatoms. The highest BCUT2D eigenvalue weighted by Gasteiger charge is 2.22. The lowest BCUT2D eigenvalue weighted by molar-refractivity contribution is 0.253. The molecule has 0 amide bonds. The van der Waals surface area contributed by atoms with Gasteiger partial charge in [0.2, 0.25) is 0 Å². The van der Waals surface area contributed by atoms with Gasteiger partial charge in [0.05, 0.1) is 12.8 Å². The van der Waals surface area contributed by atoms with Gasteiger partial charge in [-0.2, -0.15) is 11.8 Å². The van der Waals surface area contributed by atoms with Crippen molar-refractivity contribution in [3.05, 3.63) is 23.7 Å². The summed E-state index contributed by atoms with van der Waals surface area (Å²) >= 11 is 2.08. The van der Waals surface area contributed by atoms with E-state index in [0.717, 1.165) is 30.1 Å². The maximum absolute atomic E-state index is 5.67. The Morgan fingerprint density at radius 2 is 2.39 bits per heavy atom. The number of hydrogen-bond donors (Lipinski definition) is 1. The number of nitrogens with zero attached hydrogens (tertiary/aromatic N) is 1. The maximum atomic E-state index is 5.67. The molecular formula is C14H22N2OS. The number of thioether (sulfide) groups is 1. The largest absolute Gasteiger partial charge is 0.468 e. The SMILES string of the molecule is CC1CN(Cc2occc2CNC2CC2)CCS1. The zero-order valence-corrected chi connectivity index (χ0v) is 11.8. The van der Waals surface area contributed by atoms with Crippen molar-refractivity contribution in [3.8, 4) is 0 Å². The molecule has 100 valence electrons. The Balaban J connectivity index is 1.55. The minimum Gasteiger partial charge on any atom is -0.468 e. The van der Waals surface area contributed by atoms with E-state index in [2.05, 4.69) is 35.0 Å². The third kappa shape index (κ3) is 3.31. The fourth-order valence-corrected chi connectivity index (χ4v) is 3.52. The molecule has 1 aliphatic heterocycles. The van der Waals surface area contributed by atoms with E-state index in [-0.39, 0.29) is 0 Å². The highest BCUT2D eigenvalue weighted by atomic mass is 32.2. The zero-order chi connectivity index (χ0) is 12.4. The smallest absolute Gasteiger partial charge is 0.122 e. The van der Waals surface area contributed by atoms with Crippen LogP contribution in [0.4, 0.5) is 0 Å². The normalized spacial score (nSPS) is 25.5. The van der Waals surface area contributed by atoms with E-state index in [0.29, 0.717) is 0 Å². The molecule has 1 atom stereocenters. The fraction of sp³-hybridized carbons (Fsp3) is 0.714. The van der Waals surface area contributed by atoms with E-state index >= 15 is 0 Å². The van der Waals surface area contributed by atoms with Gasteiger partial charge < -0.3 is 9.73 Å². The quantitative estimate of drug-likeness (QED) is 0.886. The summed E-state index contributed by atoms with van der Waals surface area (Å²) in [4.78, 5) is 2.51. The van der Waals surface area contributed by atoms with Crippen LogP contribution in [0, 0.1) is 0 Å². The first kappa shape index (κ1) is 12.6. The Labute approximate surface area is 113 Å². The van der Waals surface area contributed by atoms with Crippen LogP contribution in [-0.4, -0.2) is 35.0 Å². The molecule has 0 spiro atoms. The fourth-order valence-electron chi connectivity index (χ4n) is 2.44. The average molecular weight is 266 g/mol. The van der Waals surface area contributed by atoms with Crippen LogP contribution in [0.5, 0.6) is 0 Å². The van der Waals surface area contributed by atoms with E-state index in [1.165, 1.54) is 37.2 Å². The van der Waals surface area contributed by atoms with Crippen molar-refractivity contribution in [2.75, 3.05) is 18.8 Å². The maximum Gasteiger partial charge on any atom is 0.122 e. The van der Waals surface area contributed by atoms with Gasteiger partial charge in [-0.05, 0) is 18.9 Å². The monoisotopic (exact) mass is 266 g/mol. The average Bonchev–Trinajstić information content (AvgIpc) is 3.08. The van der Waals surface area contributed by atoms with Gasteiger partial charge in [0.15, 0.2) is 0 Å². The van der Waals surface area contributed by atoms with Crippen molar-refractivity contribution in [1.82, 2.24) is 10.2 Å². The van der Waals surface area contributed by atoms with Gasteiger partial charge in [0.1, 0.15) is 5.76 Å². The molecule has 18 heavy (non-hydrogen) atoms. The van der Waals surface area contributed by atoms with Crippen molar-refractivity contribution in [2.24, 2.45) is 0 Å². The molecule has 2 heterocycles. The summed E-state index contributed by atoms with van der Waals surface area (Å²) in [5.74, 6) is 2.40. The molecule has 1 saturated carbocycles. The first-order valence-corrected chi connectivity index (χ1v) is 7.99. The van der Waals surface area contributed by atoms with Crippen LogP contribution in [0.2, 0.25) is 0 Å². The summed E-state index contributed by atoms with van der Waals surface area (Å²) < 4.78 is 5.67. The summed E-state index contributed by atoms with van der Waals surface area (Å²) in [7, 11) is 0. The standard InChI is InChI=1S/C14H22N2OS/c1-11-9-16(5-7-18-11)10-14-12(4-6-17-14)8-15-13-2-3-13/h4,6,11,13,15H,2-3,5,7-10H2,1H3. The van der Waals surface area contributed by atoms with E-state index in [4.69, 9.17) is 4.42 Å². The molecule has 1 unspecified atom stereocenters. The minimum atomic E-state index is 0.752. The Kier molecular flexibility index (Phi) is 3.97. The van der Waals surface area contributed by atoms with Crippen molar-refractivity contribution < 1.29 is 4.42 Å². The molecule has 0 radical (unpaired) electrons. The Morgan fingerprint density at radius 1 is 1.50 bits per heavy atom. The molecule has 3 rings (SSSR count). The number of furan rings is 1. The highest BCUT2D eigenvalue weighted by Crippen LogP contribution is 2.23. The van der Waals surface area contributed by atoms with E-state index in [9.17, 15) is 0 Å². The van der Waals surface area contributed by atoms with Crippen molar-refractivity contribution in [3.63, 3.8) is 0 Å².